The van der Waals surface area contributed by atoms with Crippen LogP contribution in [-0.2, 0) is 9.59 Å². The van der Waals surface area contributed by atoms with E-state index in [0.717, 1.165) is 23.3 Å². The molecule has 0 atom stereocenters. The second-order valence-corrected chi connectivity index (χ2v) is 5.59. The zero-order valence-corrected chi connectivity index (χ0v) is 14.3. The van der Waals surface area contributed by atoms with E-state index in [1.807, 2.05) is 6.07 Å². The van der Waals surface area contributed by atoms with Gasteiger partial charge in [0, 0.05) is 17.5 Å². The van der Waals surface area contributed by atoms with E-state index in [9.17, 15) is 14.0 Å². The predicted molar refractivity (Wildman–Crippen MR) is 101 cm³/mol. The third-order valence-electron chi connectivity index (χ3n) is 3.85. The fourth-order valence-corrected chi connectivity index (χ4v) is 2.58. The summed E-state index contributed by atoms with van der Waals surface area (Å²) in [6.07, 6.45) is 2.06. The molecule has 3 aromatic rings. The van der Waals surface area contributed by atoms with Gasteiger partial charge in [0.2, 0.25) is 0 Å². The summed E-state index contributed by atoms with van der Waals surface area (Å²) in [5.41, 5.74) is 1.61. The average Bonchev–Trinajstić information content (AvgIpc) is 2.69. The highest BCUT2D eigenvalue weighted by Crippen LogP contribution is 2.31. The van der Waals surface area contributed by atoms with Crippen molar-refractivity contribution in [3.05, 3.63) is 85.7 Å². The van der Waals surface area contributed by atoms with Crippen molar-refractivity contribution in [2.75, 3.05) is 0 Å². The number of hydrogen-bond donors (Lipinski definition) is 0. The van der Waals surface area contributed by atoms with Crippen LogP contribution in [0.25, 0.3) is 21.9 Å². The van der Waals surface area contributed by atoms with E-state index in [2.05, 4.69) is 13.2 Å². The normalized spacial score (nSPS) is 10.3. The Kier molecular flexibility index (Phi) is 5.13. The summed E-state index contributed by atoms with van der Waals surface area (Å²) < 4.78 is 24.6. The maximum Gasteiger partial charge on any atom is 0.335 e. The number of ether oxygens (including phenoxy) is 2. The maximum atomic E-state index is 14.6. The van der Waals surface area contributed by atoms with Gasteiger partial charge in [-0.25, -0.2) is 14.0 Å². The topological polar surface area (TPSA) is 52.6 Å². The molecular formula is C22H15FO4. The van der Waals surface area contributed by atoms with Crippen LogP contribution < -0.4 is 9.47 Å². The van der Waals surface area contributed by atoms with Gasteiger partial charge in [0.1, 0.15) is 5.75 Å². The number of benzene rings is 3. The number of rotatable bonds is 5. The fraction of sp³-hybridized carbons (Fsp3) is 0. The molecule has 0 aliphatic heterocycles. The van der Waals surface area contributed by atoms with Crippen LogP contribution in [0.1, 0.15) is 0 Å². The summed E-state index contributed by atoms with van der Waals surface area (Å²) in [7, 11) is 0. The molecule has 0 aliphatic carbocycles. The number of fused-ring (bicyclic) bond motifs is 1. The predicted octanol–water partition coefficient (Wildman–Crippen LogP) is 4.83. The summed E-state index contributed by atoms with van der Waals surface area (Å²) in [6.45, 7) is 6.65. The molecular weight excluding hydrogens is 347 g/mol. The van der Waals surface area contributed by atoms with Gasteiger partial charge in [-0.2, -0.15) is 0 Å². The van der Waals surface area contributed by atoms with Crippen LogP contribution in [0.15, 0.2) is 79.9 Å². The fourth-order valence-electron chi connectivity index (χ4n) is 2.58. The molecule has 0 spiro atoms. The standard InChI is InChI=1S/C22H15FO4/c1-3-20(24)26-17-7-5-6-14(13-17)15-8-10-18-16(12-15)9-11-19(22(18)23)27-21(25)4-2/h3-13H,1-2H2. The van der Waals surface area contributed by atoms with Crippen LogP contribution >= 0.6 is 0 Å². The molecule has 0 saturated heterocycles. The molecule has 0 bridgehead atoms. The SMILES string of the molecule is C=CC(=O)Oc1cccc(-c2ccc3c(F)c(OC(=O)C=C)ccc3c2)c1. The van der Waals surface area contributed by atoms with Crippen LogP contribution in [-0.4, -0.2) is 11.9 Å². The van der Waals surface area contributed by atoms with Gasteiger partial charge in [-0.1, -0.05) is 43.5 Å². The van der Waals surface area contributed by atoms with E-state index >= 15 is 0 Å². The monoisotopic (exact) mass is 362 g/mol. The summed E-state index contributed by atoms with van der Waals surface area (Å²) >= 11 is 0. The maximum absolute atomic E-state index is 14.6. The second-order valence-electron chi connectivity index (χ2n) is 5.59. The van der Waals surface area contributed by atoms with Gasteiger partial charge in [-0.3, -0.25) is 0 Å². The minimum atomic E-state index is -0.726. The number of halogens is 1. The molecule has 0 heterocycles. The molecule has 0 amide bonds. The molecule has 0 saturated carbocycles. The summed E-state index contributed by atoms with van der Waals surface area (Å²) in [6, 6.07) is 15.2. The molecule has 5 heteroatoms. The zero-order chi connectivity index (χ0) is 19.4. The lowest BCUT2D eigenvalue weighted by molar-refractivity contribution is -0.129. The highest BCUT2D eigenvalue weighted by molar-refractivity contribution is 5.90. The van der Waals surface area contributed by atoms with Crippen molar-refractivity contribution < 1.29 is 23.5 Å². The molecule has 0 aromatic heterocycles. The third kappa shape index (κ3) is 3.93. The smallest absolute Gasteiger partial charge is 0.335 e. The van der Waals surface area contributed by atoms with E-state index in [4.69, 9.17) is 9.47 Å². The Labute approximate surface area is 155 Å². The lowest BCUT2D eigenvalue weighted by atomic mass is 10.0. The molecule has 4 nitrogen and oxygen atoms in total. The Morgan fingerprint density at radius 3 is 2.30 bits per heavy atom. The molecule has 3 aromatic carbocycles. The molecule has 0 N–H and O–H groups in total. The first-order valence-electron chi connectivity index (χ1n) is 8.03. The molecule has 0 aliphatic rings. The van der Waals surface area contributed by atoms with Crippen LogP contribution in [0.5, 0.6) is 11.5 Å². The van der Waals surface area contributed by atoms with E-state index in [1.165, 1.54) is 6.07 Å². The molecule has 27 heavy (non-hydrogen) atoms. The Balaban J connectivity index is 1.98. The minimum Gasteiger partial charge on any atom is -0.423 e. The summed E-state index contributed by atoms with van der Waals surface area (Å²) in [4.78, 5) is 22.6. The van der Waals surface area contributed by atoms with Crippen LogP contribution in [0, 0.1) is 5.82 Å². The molecule has 0 radical (unpaired) electrons. The largest absolute Gasteiger partial charge is 0.423 e. The van der Waals surface area contributed by atoms with Crippen molar-refractivity contribution in [2.24, 2.45) is 0 Å². The number of carbonyl (C=O) groups excluding carboxylic acids is 2. The second kappa shape index (κ2) is 7.66. The van der Waals surface area contributed by atoms with E-state index < -0.39 is 17.8 Å². The van der Waals surface area contributed by atoms with Gasteiger partial charge in [-0.15, -0.1) is 0 Å². The van der Waals surface area contributed by atoms with Gasteiger partial charge in [0.05, 0.1) is 0 Å². The van der Waals surface area contributed by atoms with Crippen LogP contribution in [0.4, 0.5) is 4.39 Å². The van der Waals surface area contributed by atoms with Crippen LogP contribution in [0.3, 0.4) is 0 Å². The Morgan fingerprint density at radius 2 is 1.56 bits per heavy atom. The minimum absolute atomic E-state index is 0.154. The van der Waals surface area contributed by atoms with Crippen molar-refractivity contribution in [3.63, 3.8) is 0 Å². The van der Waals surface area contributed by atoms with Crippen molar-refractivity contribution >= 4 is 22.7 Å². The molecule has 134 valence electrons. The molecule has 0 unspecified atom stereocenters. The number of hydrogen-bond acceptors (Lipinski definition) is 4. The van der Waals surface area contributed by atoms with Crippen molar-refractivity contribution in [2.45, 2.75) is 0 Å². The first-order chi connectivity index (χ1) is 13.0. The lowest BCUT2D eigenvalue weighted by Gasteiger charge is -2.09. The first-order valence-corrected chi connectivity index (χ1v) is 8.03. The molecule has 3 rings (SSSR count). The van der Waals surface area contributed by atoms with Gasteiger partial charge in [-0.05, 0) is 40.8 Å². The summed E-state index contributed by atoms with van der Waals surface area (Å²) in [5.74, 6) is -1.66. The van der Waals surface area contributed by atoms with E-state index in [-0.39, 0.29) is 5.75 Å². The van der Waals surface area contributed by atoms with Gasteiger partial charge < -0.3 is 9.47 Å². The van der Waals surface area contributed by atoms with Crippen molar-refractivity contribution in [3.8, 4) is 22.6 Å². The van der Waals surface area contributed by atoms with E-state index in [0.29, 0.717) is 16.5 Å². The van der Waals surface area contributed by atoms with E-state index in [1.54, 1.807) is 42.5 Å². The Morgan fingerprint density at radius 1 is 0.852 bits per heavy atom. The van der Waals surface area contributed by atoms with Gasteiger partial charge >= 0.3 is 11.9 Å². The van der Waals surface area contributed by atoms with Crippen molar-refractivity contribution in [1.29, 1.82) is 0 Å². The quantitative estimate of drug-likeness (QED) is 0.371. The number of carbonyl (C=O) groups is 2. The Bertz CT molecular complexity index is 1070. The Hall–Kier alpha value is -3.73. The van der Waals surface area contributed by atoms with Gasteiger partial charge in [0.25, 0.3) is 0 Å². The zero-order valence-electron chi connectivity index (χ0n) is 14.3. The highest BCUT2D eigenvalue weighted by atomic mass is 19.1. The highest BCUT2D eigenvalue weighted by Gasteiger charge is 2.12. The molecule has 0 fully saturated rings. The van der Waals surface area contributed by atoms with Crippen LogP contribution in [0.2, 0.25) is 0 Å². The number of esters is 2. The first kappa shape index (κ1) is 18.1. The third-order valence-corrected chi connectivity index (χ3v) is 3.85. The van der Waals surface area contributed by atoms with Crippen molar-refractivity contribution in [1.82, 2.24) is 0 Å². The van der Waals surface area contributed by atoms with Gasteiger partial charge in [0.15, 0.2) is 11.6 Å². The average molecular weight is 362 g/mol. The summed E-state index contributed by atoms with van der Waals surface area (Å²) in [5, 5.41) is 0.958. The lowest BCUT2D eigenvalue weighted by Crippen LogP contribution is -2.04.